The van der Waals surface area contributed by atoms with Crippen molar-refractivity contribution >= 4 is 11.9 Å². The Bertz CT molecular complexity index is 1070. The summed E-state index contributed by atoms with van der Waals surface area (Å²) in [6.07, 6.45) is 3.77. The quantitative estimate of drug-likeness (QED) is 0.478. The molecule has 8 heteroatoms. The van der Waals surface area contributed by atoms with E-state index in [2.05, 4.69) is 13.8 Å². The van der Waals surface area contributed by atoms with E-state index in [4.69, 9.17) is 9.47 Å². The fourth-order valence-electron chi connectivity index (χ4n) is 5.29. The van der Waals surface area contributed by atoms with Gasteiger partial charge in [0.2, 0.25) is 12.7 Å². The lowest BCUT2D eigenvalue weighted by molar-refractivity contribution is -0.144. The van der Waals surface area contributed by atoms with Gasteiger partial charge in [0.05, 0.1) is 18.5 Å². The molecule has 3 atom stereocenters. The van der Waals surface area contributed by atoms with E-state index >= 15 is 4.39 Å². The van der Waals surface area contributed by atoms with Crippen LogP contribution in [0, 0.1) is 11.7 Å². The number of unbranched alkanes of at least 4 members (excludes halogenated alkanes) is 2. The third kappa shape index (κ3) is 5.48. The van der Waals surface area contributed by atoms with Crippen LogP contribution in [0.1, 0.15) is 62.6 Å². The largest absolute Gasteiger partial charge is 0.481 e. The normalized spacial score (nSPS) is 21.0. The van der Waals surface area contributed by atoms with Crippen LogP contribution in [0.2, 0.25) is 0 Å². The average Bonchev–Trinajstić information content (AvgIpc) is 3.48. The Morgan fingerprint density at radius 1 is 1.06 bits per heavy atom. The number of rotatable bonds is 11. The van der Waals surface area contributed by atoms with Crippen molar-refractivity contribution < 1.29 is 28.6 Å². The van der Waals surface area contributed by atoms with E-state index in [9.17, 15) is 14.7 Å². The standard InChI is InChI=1S/C28H35FN2O5/c1-3-5-13-30(14-6-4-2)25(32)17-31-16-21(19-11-12-23-24(15-19)36-18-35-23)26(28(33)34)27(31)20-9-7-8-10-22(20)29/h7-12,15,21,26-27H,3-6,13-14,16-18H2,1-2H3,(H,33,34). The Labute approximate surface area is 211 Å². The number of nitrogens with zero attached hydrogens (tertiary/aromatic N) is 2. The van der Waals surface area contributed by atoms with Crippen molar-refractivity contribution in [2.24, 2.45) is 5.92 Å². The lowest BCUT2D eigenvalue weighted by Gasteiger charge is -2.30. The summed E-state index contributed by atoms with van der Waals surface area (Å²) >= 11 is 0. The van der Waals surface area contributed by atoms with Gasteiger partial charge in [0.25, 0.3) is 0 Å². The van der Waals surface area contributed by atoms with Gasteiger partial charge in [-0.3, -0.25) is 14.5 Å². The summed E-state index contributed by atoms with van der Waals surface area (Å²) in [5.74, 6) is -1.73. The monoisotopic (exact) mass is 498 g/mol. The van der Waals surface area contributed by atoms with Crippen LogP contribution in [0.3, 0.4) is 0 Å². The molecule has 2 aliphatic heterocycles. The minimum Gasteiger partial charge on any atom is -0.481 e. The number of carboxylic acids is 1. The molecule has 36 heavy (non-hydrogen) atoms. The van der Waals surface area contributed by atoms with Crippen LogP contribution in [-0.4, -0.2) is 59.8 Å². The second-order valence-corrected chi connectivity index (χ2v) is 9.57. The molecule has 0 aliphatic carbocycles. The number of halogens is 1. The molecule has 0 aromatic heterocycles. The maximum Gasteiger partial charge on any atom is 0.309 e. The summed E-state index contributed by atoms with van der Waals surface area (Å²) in [5.41, 5.74) is 1.08. The first-order valence-corrected chi connectivity index (χ1v) is 12.8. The van der Waals surface area contributed by atoms with E-state index in [1.165, 1.54) is 6.07 Å². The number of carbonyl (C=O) groups is 2. The number of amides is 1. The van der Waals surface area contributed by atoms with Crippen LogP contribution < -0.4 is 9.47 Å². The summed E-state index contributed by atoms with van der Waals surface area (Å²) in [5, 5.41) is 10.4. The number of ether oxygens (including phenoxy) is 2. The lowest BCUT2D eigenvalue weighted by atomic mass is 9.82. The molecule has 0 saturated carbocycles. The zero-order valence-electron chi connectivity index (χ0n) is 21.0. The van der Waals surface area contributed by atoms with E-state index in [1.54, 1.807) is 24.3 Å². The molecule has 0 bridgehead atoms. The molecule has 1 fully saturated rings. The maximum absolute atomic E-state index is 15.0. The van der Waals surface area contributed by atoms with Gasteiger partial charge in [-0.25, -0.2) is 4.39 Å². The van der Waals surface area contributed by atoms with Gasteiger partial charge in [-0.05, 0) is 36.6 Å². The maximum atomic E-state index is 15.0. The molecule has 2 heterocycles. The minimum absolute atomic E-state index is 0.0389. The number of aliphatic carboxylic acids is 1. The Balaban J connectivity index is 1.68. The molecule has 2 aromatic carbocycles. The molecule has 4 rings (SSSR count). The van der Waals surface area contributed by atoms with E-state index in [-0.39, 0.29) is 19.2 Å². The molecule has 7 nitrogen and oxygen atoms in total. The molecule has 3 unspecified atom stereocenters. The molecule has 1 N–H and O–H groups in total. The predicted octanol–water partition coefficient (Wildman–Crippen LogP) is 4.82. The minimum atomic E-state index is -1.02. The van der Waals surface area contributed by atoms with E-state index in [0.717, 1.165) is 31.2 Å². The highest BCUT2D eigenvalue weighted by molar-refractivity contribution is 5.79. The summed E-state index contributed by atoms with van der Waals surface area (Å²) in [7, 11) is 0. The van der Waals surface area contributed by atoms with Crippen LogP contribution in [-0.2, 0) is 9.59 Å². The van der Waals surface area contributed by atoms with Crippen molar-refractivity contribution in [3.8, 4) is 11.5 Å². The second kappa shape index (κ2) is 11.7. The predicted molar refractivity (Wildman–Crippen MR) is 134 cm³/mol. The molecule has 0 radical (unpaired) electrons. The van der Waals surface area contributed by atoms with Crippen molar-refractivity contribution in [2.45, 2.75) is 51.5 Å². The van der Waals surface area contributed by atoms with Gasteiger partial charge in [0.15, 0.2) is 11.5 Å². The van der Waals surface area contributed by atoms with Crippen molar-refractivity contribution in [3.63, 3.8) is 0 Å². The second-order valence-electron chi connectivity index (χ2n) is 9.57. The van der Waals surface area contributed by atoms with Crippen molar-refractivity contribution in [1.29, 1.82) is 0 Å². The molecule has 2 aromatic rings. The van der Waals surface area contributed by atoms with Crippen LogP contribution in [0.5, 0.6) is 11.5 Å². The van der Waals surface area contributed by atoms with Crippen LogP contribution in [0.4, 0.5) is 4.39 Å². The van der Waals surface area contributed by atoms with Gasteiger partial charge in [-0.15, -0.1) is 0 Å². The Morgan fingerprint density at radius 2 is 1.75 bits per heavy atom. The number of fused-ring (bicyclic) bond motifs is 1. The third-order valence-corrected chi connectivity index (χ3v) is 7.19. The molecule has 0 spiro atoms. The van der Waals surface area contributed by atoms with Crippen molar-refractivity contribution in [1.82, 2.24) is 9.80 Å². The zero-order chi connectivity index (χ0) is 25.7. The fourth-order valence-corrected chi connectivity index (χ4v) is 5.29. The average molecular weight is 499 g/mol. The number of carboxylic acid groups (broad SMARTS) is 1. The third-order valence-electron chi connectivity index (χ3n) is 7.19. The van der Waals surface area contributed by atoms with E-state index in [0.29, 0.717) is 36.7 Å². The molecule has 1 amide bonds. The molecule has 1 saturated heterocycles. The van der Waals surface area contributed by atoms with Gasteiger partial charge in [-0.2, -0.15) is 0 Å². The van der Waals surface area contributed by atoms with Crippen LogP contribution in [0.25, 0.3) is 0 Å². The number of hydrogen-bond donors (Lipinski definition) is 1. The number of hydrogen-bond acceptors (Lipinski definition) is 5. The van der Waals surface area contributed by atoms with Crippen LogP contribution in [0.15, 0.2) is 42.5 Å². The molecule has 2 aliphatic rings. The van der Waals surface area contributed by atoms with Gasteiger partial charge >= 0.3 is 5.97 Å². The summed E-state index contributed by atoms with van der Waals surface area (Å²) in [6, 6.07) is 10.9. The van der Waals surface area contributed by atoms with Crippen LogP contribution >= 0.6 is 0 Å². The molecular formula is C28H35FN2O5. The SMILES string of the molecule is CCCCN(CCCC)C(=O)CN1CC(c2ccc3c(c2)OCO3)C(C(=O)O)C1c1ccccc1F. The summed E-state index contributed by atoms with van der Waals surface area (Å²) in [4.78, 5) is 29.8. The Kier molecular flexibility index (Phi) is 8.46. The van der Waals surface area contributed by atoms with Crippen molar-refractivity contribution in [3.05, 3.63) is 59.4 Å². The topological polar surface area (TPSA) is 79.3 Å². The lowest BCUT2D eigenvalue weighted by Crippen LogP contribution is -2.42. The number of benzene rings is 2. The highest BCUT2D eigenvalue weighted by Gasteiger charge is 2.49. The first-order valence-electron chi connectivity index (χ1n) is 12.8. The van der Waals surface area contributed by atoms with Gasteiger partial charge in [0, 0.05) is 31.1 Å². The first-order chi connectivity index (χ1) is 17.4. The summed E-state index contributed by atoms with van der Waals surface area (Å²) < 4.78 is 26.0. The van der Waals surface area contributed by atoms with E-state index < -0.39 is 29.7 Å². The first kappa shape index (κ1) is 25.9. The number of carbonyl (C=O) groups excluding carboxylic acids is 1. The summed E-state index contributed by atoms with van der Waals surface area (Å²) in [6.45, 7) is 5.99. The Morgan fingerprint density at radius 3 is 2.42 bits per heavy atom. The molecular weight excluding hydrogens is 463 g/mol. The van der Waals surface area contributed by atoms with Gasteiger partial charge in [-0.1, -0.05) is 51.0 Å². The Hall–Kier alpha value is -3.13. The molecule has 194 valence electrons. The van der Waals surface area contributed by atoms with Gasteiger partial charge < -0.3 is 19.5 Å². The van der Waals surface area contributed by atoms with Gasteiger partial charge in [0.1, 0.15) is 5.82 Å². The zero-order valence-corrected chi connectivity index (χ0v) is 21.0. The van der Waals surface area contributed by atoms with E-state index in [1.807, 2.05) is 21.9 Å². The highest BCUT2D eigenvalue weighted by atomic mass is 19.1. The fraction of sp³-hybridized carbons (Fsp3) is 0.500. The highest BCUT2D eigenvalue weighted by Crippen LogP contribution is 2.48. The van der Waals surface area contributed by atoms with Crippen molar-refractivity contribution in [2.75, 3.05) is 33.0 Å². The number of likely N-dealkylation sites (tertiary alicyclic amines) is 1. The smallest absolute Gasteiger partial charge is 0.309 e.